The first kappa shape index (κ1) is 14.2. The molecule has 1 rings (SSSR count). The number of nitrogens with one attached hydrogen (secondary N) is 1. The minimum atomic E-state index is 0.750. The topological polar surface area (TPSA) is 29.9 Å². The normalized spacial score (nSPS) is 13.2. The first-order valence-electron chi connectivity index (χ1n) is 6.77. The van der Waals surface area contributed by atoms with E-state index in [2.05, 4.69) is 37.3 Å². The molecule has 3 nitrogen and oxygen atoms in total. The maximum atomic E-state index is 4.19. The Kier molecular flexibility index (Phi) is 6.27. The van der Waals surface area contributed by atoms with E-state index >= 15 is 0 Å². The summed E-state index contributed by atoms with van der Waals surface area (Å²) in [7, 11) is 2.02. The van der Waals surface area contributed by atoms with Gasteiger partial charge in [-0.05, 0) is 50.3 Å². The number of rotatable bonds is 8. The van der Waals surface area contributed by atoms with Crippen molar-refractivity contribution in [2.24, 2.45) is 18.9 Å². The van der Waals surface area contributed by atoms with Crippen LogP contribution in [0.25, 0.3) is 0 Å². The third-order valence-corrected chi connectivity index (χ3v) is 3.18. The lowest BCUT2D eigenvalue weighted by Gasteiger charge is -2.13. The van der Waals surface area contributed by atoms with Crippen molar-refractivity contribution >= 4 is 0 Å². The van der Waals surface area contributed by atoms with Crippen molar-refractivity contribution in [1.82, 2.24) is 15.1 Å². The number of nitrogens with zero attached hydrogens (tertiary/aromatic N) is 2. The van der Waals surface area contributed by atoms with E-state index < -0.39 is 0 Å². The summed E-state index contributed by atoms with van der Waals surface area (Å²) >= 11 is 0. The minimum Gasteiger partial charge on any atom is -0.316 e. The third kappa shape index (κ3) is 5.87. The second-order valence-electron chi connectivity index (χ2n) is 5.48. The van der Waals surface area contributed by atoms with Crippen LogP contribution in [0.5, 0.6) is 0 Å². The Labute approximate surface area is 106 Å². The smallest absolute Gasteiger partial charge is 0.0492 e. The van der Waals surface area contributed by atoms with Crippen molar-refractivity contribution in [3.05, 3.63) is 18.0 Å². The highest BCUT2D eigenvalue weighted by atomic mass is 15.2. The van der Waals surface area contributed by atoms with Crippen LogP contribution in [0.4, 0.5) is 0 Å². The van der Waals surface area contributed by atoms with Crippen LogP contribution < -0.4 is 5.32 Å². The molecule has 0 bridgehead atoms. The van der Waals surface area contributed by atoms with E-state index in [9.17, 15) is 0 Å². The summed E-state index contributed by atoms with van der Waals surface area (Å²) in [5.74, 6) is 1.53. The van der Waals surface area contributed by atoms with Crippen molar-refractivity contribution in [1.29, 1.82) is 0 Å². The molecule has 0 aliphatic rings. The molecule has 0 amide bonds. The summed E-state index contributed by atoms with van der Waals surface area (Å²) in [6.45, 7) is 9.12. The van der Waals surface area contributed by atoms with Crippen LogP contribution in [0.2, 0.25) is 0 Å². The Morgan fingerprint density at radius 3 is 2.65 bits per heavy atom. The predicted molar refractivity (Wildman–Crippen MR) is 73.0 cm³/mol. The van der Waals surface area contributed by atoms with E-state index in [4.69, 9.17) is 0 Å². The Hall–Kier alpha value is -0.830. The summed E-state index contributed by atoms with van der Waals surface area (Å²) in [6, 6.07) is 2.11. The fraction of sp³-hybridized carbons (Fsp3) is 0.786. The zero-order chi connectivity index (χ0) is 12.7. The maximum absolute atomic E-state index is 4.19. The van der Waals surface area contributed by atoms with Gasteiger partial charge in [-0.3, -0.25) is 4.68 Å². The lowest BCUT2D eigenvalue weighted by atomic mass is 10.0. The molecule has 1 unspecified atom stereocenters. The van der Waals surface area contributed by atoms with E-state index in [1.165, 1.54) is 18.5 Å². The molecule has 0 saturated carbocycles. The Morgan fingerprint density at radius 1 is 1.29 bits per heavy atom. The van der Waals surface area contributed by atoms with Gasteiger partial charge in [0.05, 0.1) is 0 Å². The van der Waals surface area contributed by atoms with Crippen LogP contribution in [0.1, 0.15) is 39.3 Å². The molecular weight excluding hydrogens is 210 g/mol. The van der Waals surface area contributed by atoms with Crippen LogP contribution in [0, 0.1) is 11.8 Å². The van der Waals surface area contributed by atoms with Gasteiger partial charge in [-0.2, -0.15) is 5.10 Å². The fourth-order valence-electron chi connectivity index (χ4n) is 1.92. The first-order chi connectivity index (χ1) is 8.09. The molecule has 0 aromatic carbocycles. The third-order valence-electron chi connectivity index (χ3n) is 3.18. The zero-order valence-corrected chi connectivity index (χ0v) is 11.7. The van der Waals surface area contributed by atoms with Crippen LogP contribution in [-0.2, 0) is 13.5 Å². The molecule has 0 aliphatic carbocycles. The van der Waals surface area contributed by atoms with Crippen molar-refractivity contribution < 1.29 is 0 Å². The average Bonchev–Trinajstić information content (AvgIpc) is 2.67. The Morgan fingerprint density at radius 2 is 2.06 bits per heavy atom. The molecule has 0 fully saturated rings. The molecule has 0 spiro atoms. The number of aryl methyl sites for hydroxylation is 2. The highest BCUT2D eigenvalue weighted by molar-refractivity contribution is 4.99. The Balaban J connectivity index is 2.09. The summed E-state index contributed by atoms with van der Waals surface area (Å²) in [5.41, 5.74) is 1.34. The molecule has 1 heterocycles. The molecule has 1 atom stereocenters. The van der Waals surface area contributed by atoms with E-state index in [0.29, 0.717) is 0 Å². The molecule has 1 N–H and O–H groups in total. The molecule has 1 aromatic heterocycles. The molecule has 0 aliphatic heterocycles. The molecular formula is C14H27N3. The van der Waals surface area contributed by atoms with Crippen LogP contribution in [-0.4, -0.2) is 22.9 Å². The van der Waals surface area contributed by atoms with Gasteiger partial charge in [0.15, 0.2) is 0 Å². The molecule has 0 radical (unpaired) electrons. The van der Waals surface area contributed by atoms with Crippen LogP contribution >= 0.6 is 0 Å². The molecule has 0 saturated heterocycles. The highest BCUT2D eigenvalue weighted by Crippen LogP contribution is 2.11. The highest BCUT2D eigenvalue weighted by Gasteiger charge is 2.05. The van der Waals surface area contributed by atoms with Crippen molar-refractivity contribution in [3.8, 4) is 0 Å². The van der Waals surface area contributed by atoms with E-state index in [-0.39, 0.29) is 0 Å². The number of hydrogen-bond donors (Lipinski definition) is 1. The second-order valence-corrected chi connectivity index (χ2v) is 5.48. The van der Waals surface area contributed by atoms with Gasteiger partial charge in [0, 0.05) is 18.9 Å². The molecule has 98 valence electrons. The first-order valence-corrected chi connectivity index (χ1v) is 6.77. The van der Waals surface area contributed by atoms with Gasteiger partial charge in [0.1, 0.15) is 0 Å². The minimum absolute atomic E-state index is 0.750. The van der Waals surface area contributed by atoms with Crippen LogP contribution in [0.3, 0.4) is 0 Å². The van der Waals surface area contributed by atoms with Gasteiger partial charge in [0.25, 0.3) is 0 Å². The van der Waals surface area contributed by atoms with Gasteiger partial charge in [-0.15, -0.1) is 0 Å². The van der Waals surface area contributed by atoms with Crippen molar-refractivity contribution in [3.63, 3.8) is 0 Å². The fourth-order valence-corrected chi connectivity index (χ4v) is 1.92. The SMILES string of the molecule is CC(C)CNCCC(C)CCc1ccnn1C. The largest absolute Gasteiger partial charge is 0.316 e. The summed E-state index contributed by atoms with van der Waals surface area (Å²) in [6.07, 6.45) is 5.54. The predicted octanol–water partition coefficient (Wildman–Crippen LogP) is 2.62. The molecule has 1 aromatic rings. The van der Waals surface area contributed by atoms with Gasteiger partial charge < -0.3 is 5.32 Å². The molecule has 17 heavy (non-hydrogen) atoms. The summed E-state index contributed by atoms with van der Waals surface area (Å²) in [5, 5.41) is 7.70. The lowest BCUT2D eigenvalue weighted by Crippen LogP contribution is -2.22. The van der Waals surface area contributed by atoms with Crippen molar-refractivity contribution in [2.75, 3.05) is 13.1 Å². The van der Waals surface area contributed by atoms with Gasteiger partial charge in [0.2, 0.25) is 0 Å². The van der Waals surface area contributed by atoms with E-state index in [1.54, 1.807) is 0 Å². The lowest BCUT2D eigenvalue weighted by molar-refractivity contribution is 0.449. The quantitative estimate of drug-likeness (QED) is 0.704. The zero-order valence-electron chi connectivity index (χ0n) is 11.7. The van der Waals surface area contributed by atoms with Gasteiger partial charge in [-0.1, -0.05) is 20.8 Å². The van der Waals surface area contributed by atoms with Crippen LogP contribution in [0.15, 0.2) is 12.3 Å². The van der Waals surface area contributed by atoms with Gasteiger partial charge >= 0.3 is 0 Å². The van der Waals surface area contributed by atoms with Gasteiger partial charge in [-0.25, -0.2) is 0 Å². The van der Waals surface area contributed by atoms with E-state index in [1.807, 2.05) is 17.9 Å². The number of hydrogen-bond acceptors (Lipinski definition) is 2. The summed E-state index contributed by atoms with van der Waals surface area (Å²) < 4.78 is 1.98. The molecule has 3 heteroatoms. The standard InChI is InChI=1S/C14H27N3/c1-12(2)11-15-9-7-13(3)5-6-14-8-10-16-17(14)4/h8,10,12-13,15H,5-7,9,11H2,1-4H3. The monoisotopic (exact) mass is 237 g/mol. The average molecular weight is 237 g/mol. The summed E-state index contributed by atoms with van der Waals surface area (Å²) in [4.78, 5) is 0. The second kappa shape index (κ2) is 7.49. The maximum Gasteiger partial charge on any atom is 0.0492 e. The Bertz CT molecular complexity index is 304. The number of aromatic nitrogens is 2. The van der Waals surface area contributed by atoms with Crippen molar-refractivity contribution in [2.45, 2.75) is 40.0 Å². The van der Waals surface area contributed by atoms with E-state index in [0.717, 1.165) is 31.3 Å².